The Labute approximate surface area is 287 Å². The zero-order valence-corrected chi connectivity index (χ0v) is 28.4. The molecule has 1 fully saturated rings. The largest absolute Gasteiger partial charge is 1.00 e. The molecular weight excluding hydrogens is 630 g/mol. The summed E-state index contributed by atoms with van der Waals surface area (Å²) in [5.74, 6) is -3.74. The molecule has 1 saturated heterocycles. The molecule has 0 bridgehead atoms. The van der Waals surface area contributed by atoms with Gasteiger partial charge in [0.1, 0.15) is 24.2 Å². The molecule has 23 heteroatoms. The van der Waals surface area contributed by atoms with Gasteiger partial charge in [-0.2, -0.15) is 10.1 Å². The van der Waals surface area contributed by atoms with Crippen molar-refractivity contribution in [2.45, 2.75) is 16.6 Å². The van der Waals surface area contributed by atoms with Crippen molar-refractivity contribution in [1.82, 2.24) is 30.0 Å². The summed E-state index contributed by atoms with van der Waals surface area (Å²) in [5.41, 5.74) is 4.57. The van der Waals surface area contributed by atoms with E-state index in [2.05, 4.69) is 25.5 Å². The fourth-order valence-corrected chi connectivity index (χ4v) is 6.33. The van der Waals surface area contributed by atoms with Gasteiger partial charge in [-0.3, -0.25) is 19.3 Å². The third kappa shape index (κ3) is 8.64. The number of thioether (sulfide) groups is 2. The molecule has 41 heavy (non-hydrogen) atoms. The van der Waals surface area contributed by atoms with Gasteiger partial charge in [0.2, 0.25) is 0 Å². The van der Waals surface area contributed by atoms with Crippen molar-refractivity contribution in [1.29, 1.82) is 0 Å². The number of carboxylic acid groups (broad SMARTS) is 1. The van der Waals surface area contributed by atoms with Crippen LogP contribution in [0.25, 0.3) is 0 Å². The summed E-state index contributed by atoms with van der Waals surface area (Å²) >= 11 is 3.31. The van der Waals surface area contributed by atoms with Crippen molar-refractivity contribution in [3.8, 4) is 5.88 Å². The van der Waals surface area contributed by atoms with Crippen LogP contribution in [0.15, 0.2) is 31.8 Å². The van der Waals surface area contributed by atoms with Gasteiger partial charge in [0.05, 0.1) is 17.5 Å². The third-order valence-corrected chi connectivity index (χ3v) is 8.08. The Morgan fingerprint density at radius 1 is 1.27 bits per heavy atom. The van der Waals surface area contributed by atoms with E-state index in [-0.39, 0.29) is 114 Å². The fourth-order valence-electron chi connectivity index (χ4n) is 3.39. The van der Waals surface area contributed by atoms with Crippen molar-refractivity contribution in [2.24, 2.45) is 12.2 Å². The Hall–Kier alpha value is -1.76. The molecule has 0 saturated carbocycles. The average Bonchev–Trinajstić information content (AvgIpc) is 3.27. The number of hydrogen-bond donors (Lipinski definition) is 2. The van der Waals surface area contributed by atoms with Crippen LogP contribution >= 0.6 is 34.9 Å². The first-order valence-electron chi connectivity index (χ1n) is 9.89. The maximum Gasteiger partial charge on any atom is 1.00 e. The van der Waals surface area contributed by atoms with Crippen LogP contribution in [0.2, 0.25) is 0 Å². The Balaban J connectivity index is 0. The molecule has 18 nitrogen and oxygen atoms in total. The van der Waals surface area contributed by atoms with E-state index in [1.165, 1.54) is 31.3 Å². The number of aryl methyl sites for hydroxylation is 1. The van der Waals surface area contributed by atoms with Gasteiger partial charge in [-0.05, 0) is 5.57 Å². The predicted molar refractivity (Wildman–Crippen MR) is 135 cm³/mol. The first kappa shape index (κ1) is 41.4. The first-order valence-corrected chi connectivity index (χ1v) is 12.8. The SMILES string of the molecule is CO/N=C(/C(=O)NC1C(=O)N2C(C(=O)[O-])=C(CSc3nc(=O)c([O-])nn3C)CSC12)c1csc(N)n1.O.O.O.[Na+].[Na+]. The van der Waals surface area contributed by atoms with Gasteiger partial charge in [-0.15, -0.1) is 23.1 Å². The number of thiazole rings is 1. The Bertz CT molecular complexity index is 1390. The fraction of sp³-hybridized carbons (Fsp3) is 0.333. The van der Waals surface area contributed by atoms with Gasteiger partial charge in [-0.1, -0.05) is 16.9 Å². The van der Waals surface area contributed by atoms with E-state index in [1.54, 1.807) is 0 Å². The minimum Gasteiger partial charge on any atom is -0.854 e. The third-order valence-electron chi connectivity index (χ3n) is 4.96. The molecule has 2 aliphatic rings. The van der Waals surface area contributed by atoms with Gasteiger partial charge in [0.25, 0.3) is 17.4 Å². The second-order valence-electron chi connectivity index (χ2n) is 7.21. The van der Waals surface area contributed by atoms with Crippen LogP contribution in [0, 0.1) is 0 Å². The number of nitrogens with two attached hydrogens (primary N) is 1. The van der Waals surface area contributed by atoms with E-state index in [0.717, 1.165) is 32.7 Å². The van der Waals surface area contributed by atoms with Crippen LogP contribution in [-0.2, 0) is 26.3 Å². The summed E-state index contributed by atoms with van der Waals surface area (Å²) in [5, 5.41) is 34.1. The molecule has 9 N–H and O–H groups in total. The maximum absolute atomic E-state index is 12.9. The molecule has 2 atom stereocenters. The molecule has 2 amide bonds. The summed E-state index contributed by atoms with van der Waals surface area (Å²) in [7, 11) is 2.66. The zero-order valence-electron chi connectivity index (χ0n) is 22.0. The summed E-state index contributed by atoms with van der Waals surface area (Å²) in [4.78, 5) is 62.5. The van der Waals surface area contributed by atoms with E-state index < -0.39 is 40.6 Å². The van der Waals surface area contributed by atoms with Crippen LogP contribution in [0.1, 0.15) is 5.69 Å². The Morgan fingerprint density at radius 2 is 1.93 bits per heavy atom. The number of carbonyl (C=O) groups is 3. The molecule has 0 radical (unpaired) electrons. The standard InChI is InChI=1S/C18H18N8O7S3.2Na.3H2O/c1-25-18(22-12(28)13(29)23-25)36-4-6-3-34-15-9(14(30)26(15)10(6)16(31)32)21-11(27)8(24-33-2)7-5-35-17(19)20-7;;;;;/h5,9,15H,3-4H2,1-2H3,(H2,19,20)(H,21,27)(H,23,29)(H,31,32);;;3*1H2/q;2*+1;;;/p-2/b24-8+;;;;;. The second kappa shape index (κ2) is 17.4. The van der Waals surface area contributed by atoms with Crippen LogP contribution in [-0.4, -0.2) is 94.6 Å². The van der Waals surface area contributed by atoms with Crippen LogP contribution in [0.4, 0.5) is 5.13 Å². The van der Waals surface area contributed by atoms with Gasteiger partial charge < -0.3 is 47.3 Å². The number of β-lactam (4-membered cyclic amide) rings is 1. The molecule has 0 aromatic carbocycles. The van der Waals surface area contributed by atoms with E-state index in [0.29, 0.717) is 5.57 Å². The summed E-state index contributed by atoms with van der Waals surface area (Å²) < 4.78 is 1.11. The quantitative estimate of drug-likeness (QED) is 0.0880. The number of rotatable bonds is 8. The molecule has 2 aromatic heterocycles. The number of hydrogen-bond acceptors (Lipinski definition) is 15. The van der Waals surface area contributed by atoms with Gasteiger partial charge in [0.15, 0.2) is 16.0 Å². The maximum atomic E-state index is 12.9. The topological polar surface area (TPSA) is 315 Å². The molecule has 0 spiro atoms. The molecule has 0 aliphatic carbocycles. The first-order chi connectivity index (χ1) is 17.1. The monoisotopic (exact) mass is 652 g/mol. The van der Waals surface area contributed by atoms with Gasteiger partial charge in [0, 0.05) is 23.9 Å². The molecule has 4 heterocycles. The molecular formula is C18H22N8Na2O10S3. The van der Waals surface area contributed by atoms with Crippen molar-refractivity contribution in [3.05, 3.63) is 32.7 Å². The predicted octanol–water partition coefficient (Wildman–Crippen LogP) is -11.6. The molecule has 2 aliphatic heterocycles. The van der Waals surface area contributed by atoms with E-state index in [1.807, 2.05) is 0 Å². The minimum absolute atomic E-state index is 0. The van der Waals surface area contributed by atoms with Crippen molar-refractivity contribution < 1.29 is 105 Å². The number of aliphatic carboxylic acids is 1. The van der Waals surface area contributed by atoms with Crippen LogP contribution in [0.5, 0.6) is 5.88 Å². The number of anilines is 1. The number of fused-ring (bicyclic) bond motifs is 1. The summed E-state index contributed by atoms with van der Waals surface area (Å²) in [6, 6.07) is -1.03. The van der Waals surface area contributed by atoms with Gasteiger partial charge in [-0.25, -0.2) is 9.67 Å². The Morgan fingerprint density at radius 3 is 2.49 bits per heavy atom. The van der Waals surface area contributed by atoms with Crippen molar-refractivity contribution in [2.75, 3.05) is 24.3 Å². The summed E-state index contributed by atoms with van der Waals surface area (Å²) in [6.45, 7) is 0. The van der Waals surface area contributed by atoms with Crippen molar-refractivity contribution in [3.63, 3.8) is 0 Å². The van der Waals surface area contributed by atoms with Crippen LogP contribution in [0.3, 0.4) is 0 Å². The van der Waals surface area contributed by atoms with Crippen LogP contribution < -0.4 is 85.9 Å². The number of amides is 2. The normalized spacial score (nSPS) is 17.2. The van der Waals surface area contributed by atoms with E-state index in [4.69, 9.17) is 10.6 Å². The van der Waals surface area contributed by atoms with E-state index >= 15 is 0 Å². The average molecular weight is 653 g/mol. The number of nitrogens with one attached hydrogen (secondary N) is 1. The number of nitrogen functional groups attached to an aromatic ring is 1. The minimum atomic E-state index is -1.57. The number of oxime groups is 1. The molecule has 4 rings (SSSR count). The summed E-state index contributed by atoms with van der Waals surface area (Å²) in [6.07, 6.45) is 0. The zero-order chi connectivity index (χ0) is 26.1. The Kier molecular flexibility index (Phi) is 17.5. The number of aromatic nitrogens is 4. The van der Waals surface area contributed by atoms with Crippen molar-refractivity contribution >= 4 is 63.5 Å². The van der Waals surface area contributed by atoms with Gasteiger partial charge >= 0.3 is 59.1 Å². The molecule has 214 valence electrons. The van der Waals surface area contributed by atoms with E-state index in [9.17, 15) is 29.4 Å². The molecule has 2 unspecified atom stereocenters. The number of carbonyl (C=O) groups excluding carboxylic acids is 3. The number of carboxylic acids is 1. The second-order valence-corrected chi connectivity index (χ2v) is 10.1. The molecule has 2 aromatic rings. The smallest absolute Gasteiger partial charge is 0.854 e. The number of nitrogens with zero attached hydrogens (tertiary/aromatic N) is 6.